The van der Waals surface area contributed by atoms with E-state index in [1.165, 1.54) is 11.0 Å². The Morgan fingerprint density at radius 1 is 1.32 bits per heavy atom. The number of amides is 2. The van der Waals surface area contributed by atoms with Crippen molar-refractivity contribution in [3.63, 3.8) is 0 Å². The highest BCUT2D eigenvalue weighted by Gasteiger charge is 2.67. The Bertz CT molecular complexity index is 980. The highest BCUT2D eigenvalue weighted by Crippen LogP contribution is 2.52. The predicted molar refractivity (Wildman–Crippen MR) is 98.6 cm³/mol. The van der Waals surface area contributed by atoms with E-state index in [0.29, 0.717) is 6.54 Å². The van der Waals surface area contributed by atoms with Gasteiger partial charge in [-0.1, -0.05) is 30.4 Å². The number of carbonyl (C=O) groups is 2. The fourth-order valence-electron chi connectivity index (χ4n) is 4.48. The summed E-state index contributed by atoms with van der Waals surface area (Å²) >= 11 is 0. The summed E-state index contributed by atoms with van der Waals surface area (Å²) in [5.41, 5.74) is 0.211. The molecule has 5 rings (SSSR count). The third-order valence-electron chi connectivity index (χ3n) is 5.74. The van der Waals surface area contributed by atoms with Crippen molar-refractivity contribution in [2.24, 2.45) is 11.8 Å². The predicted octanol–water partition coefficient (Wildman–Crippen LogP) is 1.82. The van der Waals surface area contributed by atoms with Crippen LogP contribution in [0.3, 0.4) is 0 Å². The molecule has 28 heavy (non-hydrogen) atoms. The Labute approximate surface area is 161 Å². The van der Waals surface area contributed by atoms with Crippen molar-refractivity contribution in [3.05, 3.63) is 72.3 Å². The van der Waals surface area contributed by atoms with Crippen LogP contribution in [0.2, 0.25) is 0 Å². The van der Waals surface area contributed by atoms with Crippen molar-refractivity contribution in [3.8, 4) is 0 Å². The fourth-order valence-corrected chi connectivity index (χ4v) is 4.48. The van der Waals surface area contributed by atoms with E-state index < -0.39 is 29.4 Å². The van der Waals surface area contributed by atoms with Crippen LogP contribution in [0.5, 0.6) is 0 Å². The monoisotopic (exact) mass is 379 g/mol. The third-order valence-corrected chi connectivity index (χ3v) is 5.74. The number of pyridine rings is 1. The van der Waals surface area contributed by atoms with Gasteiger partial charge in [-0.15, -0.1) is 0 Å². The van der Waals surface area contributed by atoms with Crippen LogP contribution in [0, 0.1) is 17.7 Å². The summed E-state index contributed by atoms with van der Waals surface area (Å²) in [7, 11) is 0. The molecule has 2 amide bonds. The first-order valence-electron chi connectivity index (χ1n) is 9.19. The first-order valence-corrected chi connectivity index (χ1v) is 9.19. The fraction of sp³-hybridized carbons (Fsp3) is 0.286. The second-order valence-corrected chi connectivity index (χ2v) is 7.35. The van der Waals surface area contributed by atoms with Crippen LogP contribution in [0.25, 0.3) is 0 Å². The van der Waals surface area contributed by atoms with Crippen LogP contribution in [0.4, 0.5) is 10.1 Å². The average molecular weight is 379 g/mol. The lowest BCUT2D eigenvalue weighted by Gasteiger charge is -2.23. The minimum atomic E-state index is -0.875. The molecule has 1 aromatic heterocycles. The van der Waals surface area contributed by atoms with Crippen molar-refractivity contribution < 1.29 is 18.7 Å². The summed E-state index contributed by atoms with van der Waals surface area (Å²) in [6.45, 7) is 0.529. The number of halogens is 1. The van der Waals surface area contributed by atoms with Gasteiger partial charge in [0.15, 0.2) is 0 Å². The van der Waals surface area contributed by atoms with E-state index in [-0.39, 0.29) is 24.0 Å². The molecule has 1 spiro atoms. The minimum Gasteiger partial charge on any atom is -0.360 e. The SMILES string of the molecule is O=C(NCc1cccnc1)[C@@H]1[C@@H]2C=C[C@@]3(CN(c4ccccc4F)C(=O)[C@H]13)O2. The Hall–Kier alpha value is -3.06. The Morgan fingerprint density at radius 3 is 2.96 bits per heavy atom. The second kappa shape index (κ2) is 6.24. The normalized spacial score (nSPS) is 30.0. The smallest absolute Gasteiger partial charge is 0.234 e. The van der Waals surface area contributed by atoms with Crippen molar-refractivity contribution in [1.29, 1.82) is 0 Å². The number of fused-ring (bicyclic) bond motifs is 1. The van der Waals surface area contributed by atoms with Gasteiger partial charge in [-0.2, -0.15) is 0 Å². The number of ether oxygens (including phenoxy) is 1. The molecule has 0 unspecified atom stereocenters. The largest absolute Gasteiger partial charge is 0.360 e. The van der Waals surface area contributed by atoms with Crippen LogP contribution >= 0.6 is 0 Å². The van der Waals surface area contributed by atoms with E-state index in [9.17, 15) is 14.0 Å². The van der Waals surface area contributed by atoms with Gasteiger partial charge in [0.05, 0.1) is 30.2 Å². The zero-order valence-electron chi connectivity index (χ0n) is 14.9. The summed E-state index contributed by atoms with van der Waals surface area (Å²) < 4.78 is 20.3. The summed E-state index contributed by atoms with van der Waals surface area (Å²) in [5.74, 6) is -2.28. The summed E-state index contributed by atoms with van der Waals surface area (Å²) in [4.78, 5) is 31.5. The van der Waals surface area contributed by atoms with E-state index in [1.807, 2.05) is 18.2 Å². The maximum atomic E-state index is 14.3. The topological polar surface area (TPSA) is 71.5 Å². The Balaban J connectivity index is 1.40. The van der Waals surface area contributed by atoms with Crippen LogP contribution in [-0.4, -0.2) is 35.0 Å². The first kappa shape index (κ1) is 17.1. The summed E-state index contributed by atoms with van der Waals surface area (Å²) in [5, 5.41) is 2.88. The van der Waals surface area contributed by atoms with Crippen molar-refractivity contribution >= 4 is 17.5 Å². The summed E-state index contributed by atoms with van der Waals surface area (Å²) in [6, 6.07) is 9.82. The van der Waals surface area contributed by atoms with E-state index in [0.717, 1.165) is 5.56 Å². The highest BCUT2D eigenvalue weighted by molar-refractivity contribution is 6.03. The lowest BCUT2D eigenvalue weighted by Crippen LogP contribution is -2.44. The number of para-hydroxylation sites is 1. The van der Waals surface area contributed by atoms with E-state index >= 15 is 0 Å². The number of rotatable bonds is 4. The zero-order chi connectivity index (χ0) is 19.3. The number of hydrogen-bond donors (Lipinski definition) is 1. The second-order valence-electron chi connectivity index (χ2n) is 7.35. The maximum Gasteiger partial charge on any atom is 0.234 e. The quantitative estimate of drug-likeness (QED) is 0.823. The molecule has 2 aromatic rings. The molecule has 2 bridgehead atoms. The van der Waals surface area contributed by atoms with E-state index in [1.54, 1.807) is 36.7 Å². The van der Waals surface area contributed by atoms with Crippen LogP contribution in [-0.2, 0) is 20.9 Å². The molecule has 3 aliphatic rings. The lowest BCUT2D eigenvalue weighted by atomic mass is 9.77. The average Bonchev–Trinajstić information content (AvgIpc) is 3.36. The summed E-state index contributed by atoms with van der Waals surface area (Å²) in [6.07, 6.45) is 6.60. The van der Waals surface area contributed by atoms with E-state index in [4.69, 9.17) is 4.74 Å². The van der Waals surface area contributed by atoms with E-state index in [2.05, 4.69) is 10.3 Å². The van der Waals surface area contributed by atoms with Gasteiger partial charge in [0.25, 0.3) is 0 Å². The van der Waals surface area contributed by atoms with Gasteiger partial charge < -0.3 is 15.0 Å². The number of anilines is 1. The molecule has 4 atom stereocenters. The van der Waals surface area contributed by atoms with Gasteiger partial charge in [-0.05, 0) is 23.8 Å². The molecule has 4 heterocycles. The molecule has 7 heteroatoms. The number of nitrogens with zero attached hydrogens (tertiary/aromatic N) is 2. The van der Waals surface area contributed by atoms with Crippen molar-refractivity contribution in [1.82, 2.24) is 10.3 Å². The molecule has 3 aliphatic heterocycles. The lowest BCUT2D eigenvalue weighted by molar-refractivity contribution is -0.132. The number of carbonyl (C=O) groups excluding carboxylic acids is 2. The van der Waals surface area contributed by atoms with Crippen LogP contribution in [0.15, 0.2) is 60.9 Å². The molecule has 1 aromatic carbocycles. The molecule has 0 aliphatic carbocycles. The zero-order valence-corrected chi connectivity index (χ0v) is 14.9. The molecule has 0 radical (unpaired) electrons. The number of nitrogens with one attached hydrogen (secondary N) is 1. The standard InChI is InChI=1S/C21H18FN3O3/c22-14-5-1-2-6-15(14)25-12-21-8-7-16(28-21)17(18(21)20(25)27)19(26)24-11-13-4-3-9-23-10-13/h1-10,16-18H,11-12H2,(H,24,26)/t16-,17+,18-,21-/m0/s1. The molecule has 2 saturated heterocycles. The number of benzene rings is 1. The minimum absolute atomic E-state index is 0.205. The number of aromatic nitrogens is 1. The molecule has 1 N–H and O–H groups in total. The van der Waals surface area contributed by atoms with Gasteiger partial charge in [0, 0.05) is 18.9 Å². The molecule has 142 valence electrons. The molecule has 0 saturated carbocycles. The van der Waals surface area contributed by atoms with Crippen molar-refractivity contribution in [2.45, 2.75) is 18.2 Å². The first-order chi connectivity index (χ1) is 13.6. The van der Waals surface area contributed by atoms with Gasteiger partial charge in [-0.25, -0.2) is 4.39 Å². The number of hydrogen-bond acceptors (Lipinski definition) is 4. The third kappa shape index (κ3) is 2.46. The van der Waals surface area contributed by atoms with Crippen LogP contribution in [0.1, 0.15) is 5.56 Å². The van der Waals surface area contributed by atoms with Gasteiger partial charge in [0.2, 0.25) is 11.8 Å². The van der Waals surface area contributed by atoms with Crippen molar-refractivity contribution in [2.75, 3.05) is 11.4 Å². The highest BCUT2D eigenvalue weighted by atomic mass is 19.1. The Morgan fingerprint density at radius 2 is 2.18 bits per heavy atom. The van der Waals surface area contributed by atoms with Gasteiger partial charge >= 0.3 is 0 Å². The maximum absolute atomic E-state index is 14.3. The molecule has 6 nitrogen and oxygen atoms in total. The molecular formula is C21H18FN3O3. The molecule has 2 fully saturated rings. The Kier molecular flexibility index (Phi) is 3.80. The van der Waals surface area contributed by atoms with Gasteiger partial charge in [-0.3, -0.25) is 14.6 Å². The van der Waals surface area contributed by atoms with Crippen LogP contribution < -0.4 is 10.2 Å². The van der Waals surface area contributed by atoms with Gasteiger partial charge in [0.1, 0.15) is 11.4 Å². The molecular weight excluding hydrogens is 361 g/mol.